The van der Waals surface area contributed by atoms with Crippen molar-refractivity contribution in [1.82, 2.24) is 4.98 Å². The Morgan fingerprint density at radius 1 is 0.568 bits per heavy atom. The summed E-state index contributed by atoms with van der Waals surface area (Å²) in [5.74, 6) is 0. The van der Waals surface area contributed by atoms with E-state index in [0.29, 0.717) is 0 Å². The summed E-state index contributed by atoms with van der Waals surface area (Å²) in [7, 11) is 0. The first-order chi connectivity index (χ1) is 21.6. The second kappa shape index (κ2) is 19.3. The Labute approximate surface area is 265 Å². The second-order valence-electron chi connectivity index (χ2n) is 10.4. The van der Waals surface area contributed by atoms with Crippen molar-refractivity contribution in [3.05, 3.63) is 164 Å². The first-order valence-electron chi connectivity index (χ1n) is 15.6. The zero-order valence-electron chi connectivity index (χ0n) is 26.7. The minimum atomic E-state index is 0.866. The fraction of sp³-hybridized carbons (Fsp3) is 0.167. The molecule has 5 rings (SSSR count). The van der Waals surface area contributed by atoms with Gasteiger partial charge in [0.2, 0.25) is 0 Å². The number of hydrogen-bond acceptors (Lipinski definition) is 2. The van der Waals surface area contributed by atoms with Crippen molar-refractivity contribution < 1.29 is 0 Å². The van der Waals surface area contributed by atoms with Crippen LogP contribution in [0.25, 0.3) is 44.6 Å². The van der Waals surface area contributed by atoms with Crippen molar-refractivity contribution in [3.8, 4) is 44.6 Å². The van der Waals surface area contributed by atoms with Gasteiger partial charge in [-0.2, -0.15) is 0 Å². The molecule has 2 heteroatoms. The number of nitrogens with zero attached hydrogens (tertiary/aromatic N) is 1. The summed E-state index contributed by atoms with van der Waals surface area (Å²) in [6.07, 6.45) is 16.8. The van der Waals surface area contributed by atoms with Crippen molar-refractivity contribution >= 4 is 0 Å². The van der Waals surface area contributed by atoms with Gasteiger partial charge in [-0.15, -0.1) is 0 Å². The highest BCUT2D eigenvalue weighted by Crippen LogP contribution is 2.34. The molecule has 0 saturated heterocycles. The summed E-state index contributed by atoms with van der Waals surface area (Å²) >= 11 is 0. The summed E-state index contributed by atoms with van der Waals surface area (Å²) in [5, 5.41) is 0. The Balaban J connectivity index is 0.000000592. The summed E-state index contributed by atoms with van der Waals surface area (Å²) in [5.41, 5.74) is 15.9. The minimum Gasteiger partial charge on any atom is -0.405 e. The van der Waals surface area contributed by atoms with Gasteiger partial charge >= 0.3 is 0 Å². The third-order valence-electron chi connectivity index (χ3n) is 6.64. The Morgan fingerprint density at radius 2 is 1.14 bits per heavy atom. The van der Waals surface area contributed by atoms with Gasteiger partial charge in [-0.05, 0) is 107 Å². The van der Waals surface area contributed by atoms with Crippen LogP contribution in [0.3, 0.4) is 0 Å². The van der Waals surface area contributed by atoms with Gasteiger partial charge in [0.1, 0.15) is 0 Å². The molecular formula is C42H46N2. The van der Waals surface area contributed by atoms with Crippen LogP contribution in [0.4, 0.5) is 0 Å². The number of pyridine rings is 1. The van der Waals surface area contributed by atoms with Crippen molar-refractivity contribution in [1.29, 1.82) is 0 Å². The van der Waals surface area contributed by atoms with E-state index in [1.165, 1.54) is 45.4 Å². The molecule has 1 aromatic heterocycles. The number of allylic oxidation sites excluding steroid dienone is 5. The van der Waals surface area contributed by atoms with Gasteiger partial charge in [-0.1, -0.05) is 130 Å². The molecule has 0 aliphatic rings. The van der Waals surface area contributed by atoms with Gasteiger partial charge in [0.25, 0.3) is 0 Å². The summed E-state index contributed by atoms with van der Waals surface area (Å²) in [6, 6.07) is 40.8. The van der Waals surface area contributed by atoms with E-state index in [1.54, 1.807) is 6.20 Å². The highest BCUT2D eigenvalue weighted by Gasteiger charge is 2.09. The molecule has 4 aromatic carbocycles. The van der Waals surface area contributed by atoms with Gasteiger partial charge in [0, 0.05) is 11.8 Å². The molecule has 1 heterocycles. The fourth-order valence-corrected chi connectivity index (χ4v) is 4.61. The van der Waals surface area contributed by atoms with Gasteiger partial charge in [-0.25, -0.2) is 0 Å². The van der Waals surface area contributed by atoms with Gasteiger partial charge in [0.15, 0.2) is 0 Å². The van der Waals surface area contributed by atoms with Crippen LogP contribution in [0.15, 0.2) is 158 Å². The van der Waals surface area contributed by atoms with E-state index in [-0.39, 0.29) is 0 Å². The van der Waals surface area contributed by atoms with E-state index in [0.717, 1.165) is 24.1 Å². The first kappa shape index (κ1) is 33.6. The SMILES string of the molecule is CC=CCC.CCC.N/C=C\C=C/Cc1cccc(-c2cccc(-c3cc(-c4ccccc4)cc(-c4ccccn4)c3)c2)c1. The lowest BCUT2D eigenvalue weighted by Gasteiger charge is -2.12. The van der Waals surface area contributed by atoms with Gasteiger partial charge in [-0.3, -0.25) is 4.98 Å². The zero-order chi connectivity index (χ0) is 31.4. The molecule has 5 aromatic rings. The van der Waals surface area contributed by atoms with Crippen LogP contribution in [-0.4, -0.2) is 4.98 Å². The third kappa shape index (κ3) is 10.7. The second-order valence-corrected chi connectivity index (χ2v) is 10.4. The zero-order valence-corrected chi connectivity index (χ0v) is 26.7. The van der Waals surface area contributed by atoms with Gasteiger partial charge < -0.3 is 5.73 Å². The number of aromatic nitrogens is 1. The molecule has 0 aliphatic carbocycles. The van der Waals surface area contributed by atoms with Crippen LogP contribution in [0, 0.1) is 0 Å². The average molecular weight is 579 g/mol. The lowest BCUT2D eigenvalue weighted by atomic mass is 9.93. The molecule has 0 amide bonds. The van der Waals surface area contributed by atoms with Crippen molar-refractivity contribution in [3.63, 3.8) is 0 Å². The largest absolute Gasteiger partial charge is 0.405 e. The normalized spacial score (nSPS) is 10.8. The third-order valence-corrected chi connectivity index (χ3v) is 6.64. The molecule has 0 unspecified atom stereocenters. The average Bonchev–Trinajstić information content (AvgIpc) is 3.08. The highest BCUT2D eigenvalue weighted by molar-refractivity contribution is 5.82. The number of rotatable bonds is 8. The monoisotopic (exact) mass is 578 g/mol. The van der Waals surface area contributed by atoms with E-state index < -0.39 is 0 Å². The number of hydrogen-bond donors (Lipinski definition) is 1. The summed E-state index contributed by atoms with van der Waals surface area (Å²) in [4.78, 5) is 4.61. The van der Waals surface area contributed by atoms with E-state index in [9.17, 15) is 0 Å². The fourth-order valence-electron chi connectivity index (χ4n) is 4.61. The molecule has 0 fully saturated rings. The molecule has 0 atom stereocenters. The summed E-state index contributed by atoms with van der Waals surface area (Å²) < 4.78 is 0. The van der Waals surface area contributed by atoms with Crippen LogP contribution in [0.5, 0.6) is 0 Å². The molecule has 0 radical (unpaired) electrons. The predicted molar refractivity (Wildman–Crippen MR) is 193 cm³/mol. The molecular weight excluding hydrogens is 532 g/mol. The Bertz CT molecular complexity index is 1560. The lowest BCUT2D eigenvalue weighted by Crippen LogP contribution is -1.89. The van der Waals surface area contributed by atoms with Crippen LogP contribution < -0.4 is 5.73 Å². The maximum Gasteiger partial charge on any atom is 0.0702 e. The molecule has 0 saturated carbocycles. The predicted octanol–water partition coefficient (Wildman–Crippen LogP) is 11.7. The Morgan fingerprint density at radius 3 is 1.75 bits per heavy atom. The highest BCUT2D eigenvalue weighted by atomic mass is 14.7. The molecule has 44 heavy (non-hydrogen) atoms. The van der Waals surface area contributed by atoms with E-state index in [4.69, 9.17) is 5.73 Å². The molecule has 0 aliphatic heterocycles. The number of nitrogens with two attached hydrogens (primary N) is 1. The first-order valence-corrected chi connectivity index (χ1v) is 15.6. The van der Waals surface area contributed by atoms with Crippen molar-refractivity contribution in [2.45, 2.75) is 47.0 Å². The molecule has 224 valence electrons. The van der Waals surface area contributed by atoms with Crippen LogP contribution in [-0.2, 0) is 6.42 Å². The standard InChI is InChI=1S/C34H28N2.C5H10.C3H8/c35-19-7-2-3-11-26-12-9-15-28(21-26)29-16-10-17-30(22-29)32-23-31(27-13-4-1-5-14-27)24-33(25-32)34-18-6-8-20-36-34;1-3-5-4-2;1-3-2/h1-10,12-25H,11,35H2;3,5H,4H2,1-2H3;3H2,1-2H3/b3-2-,19-7-;;. The molecule has 0 spiro atoms. The maximum absolute atomic E-state index is 5.42. The van der Waals surface area contributed by atoms with E-state index in [1.807, 2.05) is 37.4 Å². The van der Waals surface area contributed by atoms with Crippen molar-refractivity contribution in [2.24, 2.45) is 5.73 Å². The Kier molecular flexibility index (Phi) is 14.7. The van der Waals surface area contributed by atoms with Crippen LogP contribution in [0.1, 0.15) is 46.1 Å². The van der Waals surface area contributed by atoms with Crippen LogP contribution >= 0.6 is 0 Å². The molecule has 0 bridgehead atoms. The van der Waals surface area contributed by atoms with E-state index in [2.05, 4.69) is 147 Å². The Hall–Kier alpha value is -4.95. The van der Waals surface area contributed by atoms with Crippen molar-refractivity contribution in [2.75, 3.05) is 0 Å². The molecule has 2 N–H and O–H groups in total. The smallest absolute Gasteiger partial charge is 0.0702 e. The number of benzene rings is 4. The van der Waals surface area contributed by atoms with Crippen LogP contribution in [0.2, 0.25) is 0 Å². The molecule has 2 nitrogen and oxygen atoms in total. The summed E-state index contributed by atoms with van der Waals surface area (Å²) in [6.45, 7) is 8.41. The topological polar surface area (TPSA) is 38.9 Å². The van der Waals surface area contributed by atoms with E-state index >= 15 is 0 Å². The quantitative estimate of drug-likeness (QED) is 0.147. The minimum absolute atomic E-state index is 0.866. The maximum atomic E-state index is 5.42. The van der Waals surface area contributed by atoms with Gasteiger partial charge in [0.05, 0.1) is 5.69 Å². The lowest BCUT2D eigenvalue weighted by molar-refractivity contribution is 1.09.